The van der Waals surface area contributed by atoms with Crippen LogP contribution in [0.5, 0.6) is 0 Å². The molecule has 1 aromatic rings. The van der Waals surface area contributed by atoms with Crippen molar-refractivity contribution in [1.29, 1.82) is 0 Å². The molecule has 1 fully saturated rings. The quantitative estimate of drug-likeness (QED) is 0.838. The summed E-state index contributed by atoms with van der Waals surface area (Å²) >= 11 is 0. The highest BCUT2D eigenvalue weighted by molar-refractivity contribution is 5.76. The number of carbonyl (C=O) groups excluding carboxylic acids is 2. The molecule has 0 bridgehead atoms. The number of aromatic nitrogens is 1. The number of nitrogens with one attached hydrogen (secondary N) is 1. The molecule has 0 aliphatic carbocycles. The van der Waals surface area contributed by atoms with E-state index in [1.165, 1.54) is 6.92 Å². The average Bonchev–Trinajstić information content (AvgIpc) is 2.72. The zero-order valence-corrected chi connectivity index (χ0v) is 11.0. The number of hydrogen-bond donors (Lipinski definition) is 1. The summed E-state index contributed by atoms with van der Waals surface area (Å²) in [6.45, 7) is 4.46. The minimum atomic E-state index is -0.0722. The molecule has 1 aromatic heterocycles. The maximum atomic E-state index is 12.1. The number of urea groups is 1. The lowest BCUT2D eigenvalue weighted by molar-refractivity contribution is -0.118. The van der Waals surface area contributed by atoms with Crippen LogP contribution in [-0.4, -0.2) is 52.9 Å². The van der Waals surface area contributed by atoms with E-state index in [1.807, 2.05) is 18.2 Å². The van der Waals surface area contributed by atoms with Gasteiger partial charge in [-0.25, -0.2) is 4.79 Å². The molecule has 0 atom stereocenters. The number of carbonyl (C=O) groups is 2. The molecule has 1 aliphatic heterocycles. The van der Waals surface area contributed by atoms with Crippen LogP contribution in [0.25, 0.3) is 0 Å². The molecule has 1 saturated heterocycles. The fourth-order valence-electron chi connectivity index (χ4n) is 2.04. The molecule has 0 aromatic carbocycles. The van der Waals surface area contributed by atoms with Crippen molar-refractivity contribution in [2.24, 2.45) is 0 Å². The Hall–Kier alpha value is -2.11. The maximum Gasteiger partial charge on any atom is 0.320 e. The summed E-state index contributed by atoms with van der Waals surface area (Å²) in [7, 11) is 0. The van der Waals surface area contributed by atoms with Crippen LogP contribution in [0, 0.1) is 0 Å². The van der Waals surface area contributed by atoms with Gasteiger partial charge in [-0.05, 0) is 12.1 Å². The standard InChI is InChI=1S/C13H18N4O2/c1-11(18)14-6-7-16-8-9-17(13(16)19)10-12-4-2-3-5-15-12/h2-5H,6-10H2,1H3,(H,14,18). The topological polar surface area (TPSA) is 65.5 Å². The molecule has 1 N–H and O–H groups in total. The lowest BCUT2D eigenvalue weighted by Crippen LogP contribution is -2.37. The second-order valence-electron chi connectivity index (χ2n) is 4.50. The second kappa shape index (κ2) is 6.17. The summed E-state index contributed by atoms with van der Waals surface area (Å²) in [5.41, 5.74) is 0.888. The van der Waals surface area contributed by atoms with Crippen LogP contribution >= 0.6 is 0 Å². The highest BCUT2D eigenvalue weighted by atomic mass is 16.2. The van der Waals surface area contributed by atoms with Gasteiger partial charge in [0.15, 0.2) is 0 Å². The van der Waals surface area contributed by atoms with E-state index in [2.05, 4.69) is 10.3 Å². The first-order valence-electron chi connectivity index (χ1n) is 6.35. The fraction of sp³-hybridized carbons (Fsp3) is 0.462. The third-order valence-electron chi connectivity index (χ3n) is 3.02. The van der Waals surface area contributed by atoms with Crippen LogP contribution in [0.3, 0.4) is 0 Å². The van der Waals surface area contributed by atoms with Gasteiger partial charge >= 0.3 is 6.03 Å². The largest absolute Gasteiger partial charge is 0.355 e. The van der Waals surface area contributed by atoms with Crippen LogP contribution in [0.4, 0.5) is 4.79 Å². The highest BCUT2D eigenvalue weighted by Crippen LogP contribution is 2.11. The average molecular weight is 262 g/mol. The molecule has 3 amide bonds. The van der Waals surface area contributed by atoms with Crippen molar-refractivity contribution in [3.8, 4) is 0 Å². The van der Waals surface area contributed by atoms with E-state index in [4.69, 9.17) is 0 Å². The molecule has 6 nitrogen and oxygen atoms in total. The molecule has 0 radical (unpaired) electrons. The van der Waals surface area contributed by atoms with Gasteiger partial charge in [0, 0.05) is 39.3 Å². The summed E-state index contributed by atoms with van der Waals surface area (Å²) in [4.78, 5) is 30.6. The molecule has 2 heterocycles. The van der Waals surface area contributed by atoms with Crippen molar-refractivity contribution in [3.63, 3.8) is 0 Å². The van der Waals surface area contributed by atoms with Crippen molar-refractivity contribution in [2.75, 3.05) is 26.2 Å². The zero-order valence-electron chi connectivity index (χ0n) is 11.0. The van der Waals surface area contributed by atoms with Gasteiger partial charge in [0.1, 0.15) is 0 Å². The van der Waals surface area contributed by atoms with Crippen LogP contribution in [0.15, 0.2) is 24.4 Å². The monoisotopic (exact) mass is 262 g/mol. The molecule has 0 saturated carbocycles. The Labute approximate surface area is 112 Å². The lowest BCUT2D eigenvalue weighted by Gasteiger charge is -2.18. The third-order valence-corrected chi connectivity index (χ3v) is 3.02. The summed E-state index contributed by atoms with van der Waals surface area (Å²) in [5, 5.41) is 2.69. The van der Waals surface area contributed by atoms with Crippen molar-refractivity contribution >= 4 is 11.9 Å². The number of hydrogen-bond acceptors (Lipinski definition) is 3. The van der Waals surface area contributed by atoms with E-state index < -0.39 is 0 Å². The fourth-order valence-corrected chi connectivity index (χ4v) is 2.04. The molecule has 19 heavy (non-hydrogen) atoms. The lowest BCUT2D eigenvalue weighted by atomic mass is 10.3. The van der Waals surface area contributed by atoms with Gasteiger partial charge in [-0.15, -0.1) is 0 Å². The van der Waals surface area contributed by atoms with E-state index in [1.54, 1.807) is 16.0 Å². The first kappa shape index (κ1) is 13.3. The first-order valence-corrected chi connectivity index (χ1v) is 6.35. The molecule has 6 heteroatoms. The summed E-state index contributed by atoms with van der Waals surface area (Å²) in [6, 6.07) is 5.69. The van der Waals surface area contributed by atoms with Crippen LogP contribution < -0.4 is 5.32 Å². The van der Waals surface area contributed by atoms with Gasteiger partial charge in [0.2, 0.25) is 5.91 Å². The summed E-state index contributed by atoms with van der Waals surface area (Å²) in [6.07, 6.45) is 1.73. The predicted molar refractivity (Wildman–Crippen MR) is 70.3 cm³/mol. The highest BCUT2D eigenvalue weighted by Gasteiger charge is 2.27. The van der Waals surface area contributed by atoms with Gasteiger partial charge in [-0.1, -0.05) is 6.07 Å². The summed E-state index contributed by atoms with van der Waals surface area (Å²) < 4.78 is 0. The Morgan fingerprint density at radius 2 is 2.16 bits per heavy atom. The molecular formula is C13H18N4O2. The Morgan fingerprint density at radius 1 is 1.37 bits per heavy atom. The molecule has 102 valence electrons. The van der Waals surface area contributed by atoms with Crippen LogP contribution in [0.1, 0.15) is 12.6 Å². The van der Waals surface area contributed by atoms with Crippen LogP contribution in [0.2, 0.25) is 0 Å². The number of amides is 3. The second-order valence-corrected chi connectivity index (χ2v) is 4.50. The minimum absolute atomic E-state index is 0.0102. The minimum Gasteiger partial charge on any atom is -0.355 e. The SMILES string of the molecule is CC(=O)NCCN1CCN(Cc2ccccn2)C1=O. The van der Waals surface area contributed by atoms with Crippen LogP contribution in [-0.2, 0) is 11.3 Å². The zero-order chi connectivity index (χ0) is 13.7. The maximum absolute atomic E-state index is 12.1. The van der Waals surface area contributed by atoms with Crippen molar-refractivity contribution in [3.05, 3.63) is 30.1 Å². The van der Waals surface area contributed by atoms with Gasteiger partial charge < -0.3 is 15.1 Å². The Bertz CT molecular complexity index is 449. The van der Waals surface area contributed by atoms with Gasteiger partial charge in [-0.2, -0.15) is 0 Å². The van der Waals surface area contributed by atoms with Crippen molar-refractivity contribution < 1.29 is 9.59 Å². The van der Waals surface area contributed by atoms with E-state index in [-0.39, 0.29) is 11.9 Å². The van der Waals surface area contributed by atoms with E-state index >= 15 is 0 Å². The Morgan fingerprint density at radius 3 is 2.84 bits per heavy atom. The van der Waals surface area contributed by atoms with E-state index in [0.717, 1.165) is 5.69 Å². The molecule has 1 aliphatic rings. The molecule has 0 unspecified atom stereocenters. The normalized spacial score (nSPS) is 14.9. The first-order chi connectivity index (χ1) is 9.16. The van der Waals surface area contributed by atoms with Gasteiger partial charge in [0.25, 0.3) is 0 Å². The number of nitrogens with zero attached hydrogens (tertiary/aromatic N) is 3. The Balaban J connectivity index is 1.82. The van der Waals surface area contributed by atoms with Crippen molar-refractivity contribution in [2.45, 2.75) is 13.5 Å². The summed E-state index contributed by atoms with van der Waals surface area (Å²) in [5.74, 6) is -0.0722. The van der Waals surface area contributed by atoms with Gasteiger partial charge in [-0.3, -0.25) is 9.78 Å². The Kier molecular flexibility index (Phi) is 4.33. The number of pyridine rings is 1. The third kappa shape index (κ3) is 3.67. The predicted octanol–water partition coefficient (Wildman–Crippen LogP) is 0.455. The number of rotatable bonds is 5. The van der Waals surface area contributed by atoms with Crippen molar-refractivity contribution in [1.82, 2.24) is 20.1 Å². The van der Waals surface area contributed by atoms with E-state index in [9.17, 15) is 9.59 Å². The molecular weight excluding hydrogens is 244 g/mol. The van der Waals surface area contributed by atoms with Gasteiger partial charge in [0.05, 0.1) is 12.2 Å². The molecule has 2 rings (SSSR count). The molecule has 0 spiro atoms. The van der Waals surface area contributed by atoms with E-state index in [0.29, 0.717) is 32.7 Å². The smallest absolute Gasteiger partial charge is 0.320 e.